The zero-order chi connectivity index (χ0) is 24.4. The van der Waals surface area contributed by atoms with Crippen LogP contribution < -0.4 is 4.74 Å². The highest BCUT2D eigenvalue weighted by Gasteiger charge is 2.46. The Balaban J connectivity index is 1.75. The number of aliphatic hydroxyl groups excluding tert-OH is 6. The summed E-state index contributed by atoms with van der Waals surface area (Å²) >= 11 is 1.24. The van der Waals surface area contributed by atoms with E-state index in [1.165, 1.54) is 11.3 Å². The van der Waals surface area contributed by atoms with Gasteiger partial charge in [-0.3, -0.25) is 0 Å². The highest BCUT2D eigenvalue weighted by Crippen LogP contribution is 2.46. The summed E-state index contributed by atoms with van der Waals surface area (Å²) in [6, 6.07) is 3.32. The molecule has 0 unspecified atom stereocenters. The Morgan fingerprint density at radius 1 is 1.06 bits per heavy atom. The number of cyclic esters (lactones) is 1. The second-order valence-electron chi connectivity index (χ2n) is 7.92. The van der Waals surface area contributed by atoms with Gasteiger partial charge < -0.3 is 44.8 Å². The van der Waals surface area contributed by atoms with Crippen molar-refractivity contribution in [2.45, 2.75) is 49.8 Å². The second kappa shape index (κ2) is 10.5. The number of thiophene rings is 1. The van der Waals surface area contributed by atoms with Crippen LogP contribution in [0, 0.1) is 0 Å². The van der Waals surface area contributed by atoms with Gasteiger partial charge in [0.1, 0.15) is 30.2 Å². The Hall–Kier alpha value is -2.35. The average molecular weight is 495 g/mol. The number of aliphatic hydroxyl groups is 6. The van der Waals surface area contributed by atoms with Gasteiger partial charge >= 0.3 is 5.97 Å². The van der Waals surface area contributed by atoms with Gasteiger partial charge in [-0.2, -0.15) is 0 Å². The van der Waals surface area contributed by atoms with Gasteiger partial charge in [0.15, 0.2) is 6.10 Å². The third-order valence-electron chi connectivity index (χ3n) is 5.66. The van der Waals surface area contributed by atoms with E-state index in [-0.39, 0.29) is 24.5 Å². The Labute approximate surface area is 198 Å². The fourth-order valence-corrected chi connectivity index (χ4v) is 5.00. The smallest absolute Gasteiger partial charge is 0.341 e. The van der Waals surface area contributed by atoms with Crippen LogP contribution in [0.5, 0.6) is 5.75 Å². The van der Waals surface area contributed by atoms with Crippen molar-refractivity contribution in [2.24, 2.45) is 0 Å². The van der Waals surface area contributed by atoms with E-state index < -0.39 is 49.4 Å². The monoisotopic (exact) mass is 494 g/mol. The SMILES string of the molecule is O=C1O[C@H](C=CC=CCCO)c2c(O[C@@H]3O[C@H](CO)[C@@H](O)[C@H](O)[C@H]3O)cc3cc(CO)sc3c21. The number of hydrogen-bond acceptors (Lipinski definition) is 11. The van der Waals surface area contributed by atoms with E-state index in [4.69, 9.17) is 19.3 Å². The van der Waals surface area contributed by atoms with Crippen molar-refractivity contribution in [3.63, 3.8) is 0 Å². The standard InChI is InChI=1S/C23H26O10S/c24-6-4-2-1-3-5-13-16-14(32-23-20(29)19(28)18(27)15(10-26)33-23)8-11-7-12(9-25)34-21(11)17(16)22(30)31-13/h1-3,5,7-8,13,15,18-20,23-29H,4,6,9-10H2/t13-,15-,18-,19+,20-,23-/m1/s1. The van der Waals surface area contributed by atoms with Gasteiger partial charge in [0.2, 0.25) is 6.29 Å². The van der Waals surface area contributed by atoms with E-state index in [9.17, 15) is 30.3 Å². The van der Waals surface area contributed by atoms with Crippen LogP contribution in [0.15, 0.2) is 36.4 Å². The number of fused-ring (bicyclic) bond motifs is 3. The Morgan fingerprint density at radius 2 is 1.85 bits per heavy atom. The fraction of sp³-hybridized carbons (Fsp3) is 0.435. The second-order valence-corrected chi connectivity index (χ2v) is 9.06. The molecule has 0 spiro atoms. The van der Waals surface area contributed by atoms with Crippen LogP contribution in [-0.2, 0) is 16.1 Å². The molecular formula is C23H26O10S. The topological polar surface area (TPSA) is 166 Å². The minimum atomic E-state index is -1.63. The molecule has 0 aliphatic carbocycles. The zero-order valence-electron chi connectivity index (χ0n) is 18.0. The van der Waals surface area contributed by atoms with E-state index in [0.29, 0.717) is 26.9 Å². The predicted molar refractivity (Wildman–Crippen MR) is 120 cm³/mol. The molecule has 0 bridgehead atoms. The molecule has 0 saturated carbocycles. The van der Waals surface area contributed by atoms with E-state index in [1.54, 1.807) is 36.4 Å². The molecule has 1 aromatic carbocycles. The molecule has 6 N–H and O–H groups in total. The first-order valence-corrected chi connectivity index (χ1v) is 11.5. The molecule has 2 aliphatic heterocycles. The highest BCUT2D eigenvalue weighted by molar-refractivity contribution is 7.19. The number of carbonyl (C=O) groups excluding carboxylic acids is 1. The molecule has 4 rings (SSSR count). The minimum Gasteiger partial charge on any atom is -0.461 e. The summed E-state index contributed by atoms with van der Waals surface area (Å²) < 4.78 is 17.5. The van der Waals surface area contributed by atoms with Crippen LogP contribution in [0.1, 0.15) is 33.3 Å². The lowest BCUT2D eigenvalue weighted by Crippen LogP contribution is -2.60. The highest BCUT2D eigenvalue weighted by atomic mass is 32.1. The maximum atomic E-state index is 12.8. The van der Waals surface area contributed by atoms with Crippen molar-refractivity contribution in [3.8, 4) is 5.75 Å². The average Bonchev–Trinajstić information content (AvgIpc) is 3.39. The van der Waals surface area contributed by atoms with Crippen LogP contribution in [0.25, 0.3) is 10.1 Å². The van der Waals surface area contributed by atoms with Crippen molar-refractivity contribution in [3.05, 3.63) is 52.4 Å². The number of esters is 1. The minimum absolute atomic E-state index is 0.00617. The Morgan fingerprint density at radius 3 is 2.56 bits per heavy atom. The molecule has 11 heteroatoms. The van der Waals surface area contributed by atoms with Crippen LogP contribution in [0.2, 0.25) is 0 Å². The largest absolute Gasteiger partial charge is 0.461 e. The maximum absolute atomic E-state index is 12.8. The molecule has 2 aromatic rings. The van der Waals surface area contributed by atoms with Crippen molar-refractivity contribution < 1.29 is 49.6 Å². The molecule has 6 atom stereocenters. The Kier molecular flexibility index (Phi) is 7.65. The molecule has 0 radical (unpaired) electrons. The molecule has 184 valence electrons. The predicted octanol–water partition coefficient (Wildman–Crippen LogP) is 0.279. The number of hydrogen-bond donors (Lipinski definition) is 6. The van der Waals surface area contributed by atoms with Gasteiger partial charge in [0.05, 0.1) is 24.3 Å². The van der Waals surface area contributed by atoms with Gasteiger partial charge in [-0.25, -0.2) is 4.79 Å². The van der Waals surface area contributed by atoms with Gasteiger partial charge in [-0.15, -0.1) is 11.3 Å². The van der Waals surface area contributed by atoms with Crippen molar-refractivity contribution in [1.29, 1.82) is 0 Å². The quantitative estimate of drug-likeness (QED) is 0.222. The van der Waals surface area contributed by atoms with E-state index in [1.807, 2.05) is 0 Å². The maximum Gasteiger partial charge on any atom is 0.341 e. The third kappa shape index (κ3) is 4.61. The number of ether oxygens (including phenoxy) is 3. The molecule has 1 fully saturated rings. The lowest BCUT2D eigenvalue weighted by molar-refractivity contribution is -0.277. The number of carbonyl (C=O) groups is 1. The van der Waals surface area contributed by atoms with Gasteiger partial charge in [-0.1, -0.05) is 18.2 Å². The first-order valence-electron chi connectivity index (χ1n) is 10.7. The number of benzene rings is 1. The first-order chi connectivity index (χ1) is 16.4. The molecule has 1 saturated heterocycles. The van der Waals surface area contributed by atoms with Gasteiger partial charge in [-0.05, 0) is 30.0 Å². The molecule has 10 nitrogen and oxygen atoms in total. The normalized spacial score (nSPS) is 29.3. The summed E-state index contributed by atoms with van der Waals surface area (Å²) in [5.41, 5.74) is 0.642. The summed E-state index contributed by atoms with van der Waals surface area (Å²) in [4.78, 5) is 13.4. The van der Waals surface area contributed by atoms with Crippen molar-refractivity contribution in [2.75, 3.05) is 13.2 Å². The summed E-state index contributed by atoms with van der Waals surface area (Å²) in [5, 5.41) is 59.1. The molecule has 2 aliphatic rings. The lowest BCUT2D eigenvalue weighted by atomic mass is 9.98. The van der Waals surface area contributed by atoms with E-state index in [2.05, 4.69) is 0 Å². The van der Waals surface area contributed by atoms with Crippen LogP contribution in [0.4, 0.5) is 0 Å². The summed E-state index contributed by atoms with van der Waals surface area (Å²) in [6.45, 7) is -0.823. The molecule has 34 heavy (non-hydrogen) atoms. The first kappa shape index (κ1) is 24.8. The summed E-state index contributed by atoms with van der Waals surface area (Å²) in [7, 11) is 0. The van der Waals surface area contributed by atoms with Gasteiger partial charge in [0.25, 0.3) is 0 Å². The van der Waals surface area contributed by atoms with E-state index in [0.717, 1.165) is 0 Å². The van der Waals surface area contributed by atoms with Crippen LogP contribution >= 0.6 is 11.3 Å². The van der Waals surface area contributed by atoms with Crippen molar-refractivity contribution in [1.82, 2.24) is 0 Å². The number of rotatable bonds is 8. The van der Waals surface area contributed by atoms with Gasteiger partial charge in [0, 0.05) is 16.2 Å². The van der Waals surface area contributed by atoms with E-state index >= 15 is 0 Å². The Bertz CT molecular complexity index is 1090. The molecular weight excluding hydrogens is 468 g/mol. The summed E-state index contributed by atoms with van der Waals surface area (Å²) in [5.74, 6) is -0.437. The fourth-order valence-electron chi connectivity index (χ4n) is 3.96. The molecule has 1 aromatic heterocycles. The molecule has 0 amide bonds. The lowest BCUT2D eigenvalue weighted by Gasteiger charge is -2.39. The molecule has 3 heterocycles. The summed E-state index contributed by atoms with van der Waals surface area (Å²) in [6.07, 6.45) is -1.02. The number of allylic oxidation sites excluding steroid dienone is 2. The van der Waals surface area contributed by atoms with Crippen LogP contribution in [0.3, 0.4) is 0 Å². The van der Waals surface area contributed by atoms with Crippen molar-refractivity contribution >= 4 is 27.4 Å². The zero-order valence-corrected chi connectivity index (χ0v) is 18.8. The van der Waals surface area contributed by atoms with Crippen LogP contribution in [-0.4, -0.2) is 80.5 Å². The third-order valence-corrected chi connectivity index (χ3v) is 6.81.